The topological polar surface area (TPSA) is 85.3 Å². The number of benzene rings is 1. The maximum atomic E-state index is 13.1. The van der Waals surface area contributed by atoms with Crippen molar-refractivity contribution < 1.29 is 18.7 Å². The van der Waals surface area contributed by atoms with E-state index in [1.165, 1.54) is 31.4 Å². The summed E-state index contributed by atoms with van der Waals surface area (Å²) in [6.07, 6.45) is 0. The average Bonchev–Trinajstić information content (AvgIpc) is 2.46. The van der Waals surface area contributed by atoms with Gasteiger partial charge in [0.2, 0.25) is 5.88 Å². The van der Waals surface area contributed by atoms with E-state index in [4.69, 9.17) is 15.2 Å². The van der Waals surface area contributed by atoms with Crippen LogP contribution in [0.25, 0.3) is 0 Å². The molecule has 0 fully saturated rings. The SMILES string of the molecule is COC(=O)C1=C(C)OC(N)=C(C#N)[C@H]1c1ccc(F)cc1. The molecule has 0 aliphatic carbocycles. The van der Waals surface area contributed by atoms with Gasteiger partial charge in [-0.2, -0.15) is 5.26 Å². The van der Waals surface area contributed by atoms with E-state index in [2.05, 4.69) is 0 Å². The number of carbonyl (C=O) groups excluding carboxylic acids is 1. The van der Waals surface area contributed by atoms with Gasteiger partial charge in [-0.15, -0.1) is 0 Å². The van der Waals surface area contributed by atoms with Crippen LogP contribution in [0, 0.1) is 17.1 Å². The second-order valence-corrected chi connectivity index (χ2v) is 4.44. The third-order valence-electron chi connectivity index (χ3n) is 3.21. The van der Waals surface area contributed by atoms with Crippen molar-refractivity contribution in [1.82, 2.24) is 0 Å². The fourth-order valence-electron chi connectivity index (χ4n) is 2.24. The van der Waals surface area contributed by atoms with Crippen molar-refractivity contribution in [2.75, 3.05) is 7.11 Å². The Kier molecular flexibility index (Phi) is 3.94. The van der Waals surface area contributed by atoms with Gasteiger partial charge in [-0.3, -0.25) is 0 Å². The summed E-state index contributed by atoms with van der Waals surface area (Å²) in [4.78, 5) is 12.0. The van der Waals surface area contributed by atoms with Crippen LogP contribution < -0.4 is 5.73 Å². The summed E-state index contributed by atoms with van der Waals surface area (Å²) in [7, 11) is 1.23. The Balaban J connectivity index is 2.63. The number of halogens is 1. The number of carbonyl (C=O) groups is 1. The molecular weight excluding hydrogens is 275 g/mol. The Hall–Kier alpha value is -2.81. The molecule has 0 radical (unpaired) electrons. The van der Waals surface area contributed by atoms with Crippen LogP contribution in [0.4, 0.5) is 4.39 Å². The Bertz CT molecular complexity index is 684. The molecule has 0 bridgehead atoms. The Labute approximate surface area is 121 Å². The first-order chi connectivity index (χ1) is 9.99. The lowest BCUT2D eigenvalue weighted by atomic mass is 9.83. The molecule has 21 heavy (non-hydrogen) atoms. The monoisotopic (exact) mass is 288 g/mol. The first-order valence-corrected chi connectivity index (χ1v) is 6.11. The molecule has 1 aliphatic heterocycles. The fourth-order valence-corrected chi connectivity index (χ4v) is 2.24. The maximum Gasteiger partial charge on any atom is 0.338 e. The molecule has 1 atom stereocenters. The molecule has 108 valence electrons. The molecule has 1 aromatic carbocycles. The van der Waals surface area contributed by atoms with Gasteiger partial charge in [0.05, 0.1) is 18.6 Å². The zero-order valence-corrected chi connectivity index (χ0v) is 11.5. The van der Waals surface area contributed by atoms with Crippen molar-refractivity contribution in [3.63, 3.8) is 0 Å². The molecule has 0 amide bonds. The number of hydrogen-bond acceptors (Lipinski definition) is 5. The molecule has 0 unspecified atom stereocenters. The van der Waals surface area contributed by atoms with Gasteiger partial charge >= 0.3 is 5.97 Å². The first kappa shape index (κ1) is 14.6. The van der Waals surface area contributed by atoms with Gasteiger partial charge in [0.1, 0.15) is 23.2 Å². The molecule has 0 aromatic heterocycles. The summed E-state index contributed by atoms with van der Waals surface area (Å²) in [6.45, 7) is 1.56. The maximum absolute atomic E-state index is 13.1. The van der Waals surface area contributed by atoms with Gasteiger partial charge in [-0.25, -0.2) is 9.18 Å². The van der Waals surface area contributed by atoms with Crippen LogP contribution in [0.1, 0.15) is 18.4 Å². The van der Waals surface area contributed by atoms with Crippen molar-refractivity contribution in [2.45, 2.75) is 12.8 Å². The second-order valence-electron chi connectivity index (χ2n) is 4.44. The minimum absolute atomic E-state index is 0.0722. The number of nitrogens with two attached hydrogens (primary N) is 1. The lowest BCUT2D eigenvalue weighted by Crippen LogP contribution is -2.25. The zero-order valence-electron chi connectivity index (χ0n) is 11.5. The predicted octanol–water partition coefficient (Wildman–Crippen LogP) is 2.08. The summed E-state index contributed by atoms with van der Waals surface area (Å²) in [5, 5.41) is 9.29. The molecule has 0 saturated carbocycles. The van der Waals surface area contributed by atoms with Crippen LogP contribution in [-0.4, -0.2) is 13.1 Å². The first-order valence-electron chi connectivity index (χ1n) is 6.11. The van der Waals surface area contributed by atoms with E-state index in [1.807, 2.05) is 6.07 Å². The summed E-state index contributed by atoms with van der Waals surface area (Å²) >= 11 is 0. The van der Waals surface area contributed by atoms with E-state index in [1.54, 1.807) is 6.92 Å². The number of hydrogen-bond donors (Lipinski definition) is 1. The quantitative estimate of drug-likeness (QED) is 0.842. The normalized spacial score (nSPS) is 18.1. The molecule has 1 aromatic rings. The van der Waals surface area contributed by atoms with Gasteiger partial charge in [0, 0.05) is 0 Å². The van der Waals surface area contributed by atoms with Gasteiger partial charge in [0.25, 0.3) is 0 Å². The van der Waals surface area contributed by atoms with Crippen LogP contribution in [0.2, 0.25) is 0 Å². The average molecular weight is 288 g/mol. The third-order valence-corrected chi connectivity index (χ3v) is 3.21. The second kappa shape index (κ2) is 5.67. The number of methoxy groups -OCH3 is 1. The van der Waals surface area contributed by atoms with Gasteiger partial charge < -0.3 is 15.2 Å². The molecule has 5 nitrogen and oxygen atoms in total. The van der Waals surface area contributed by atoms with E-state index in [0.717, 1.165) is 0 Å². The van der Waals surface area contributed by atoms with Crippen LogP contribution in [0.5, 0.6) is 0 Å². The number of nitriles is 1. The van der Waals surface area contributed by atoms with Crippen LogP contribution in [0.15, 0.2) is 47.1 Å². The fraction of sp³-hybridized carbons (Fsp3) is 0.200. The lowest BCUT2D eigenvalue weighted by molar-refractivity contribution is -0.136. The van der Waals surface area contributed by atoms with Gasteiger partial charge in [-0.05, 0) is 24.6 Å². The molecular formula is C15H13FN2O3. The van der Waals surface area contributed by atoms with E-state index in [-0.39, 0.29) is 22.8 Å². The van der Waals surface area contributed by atoms with Crippen LogP contribution in [0.3, 0.4) is 0 Å². The van der Waals surface area contributed by atoms with E-state index in [0.29, 0.717) is 5.56 Å². The highest BCUT2D eigenvalue weighted by Gasteiger charge is 2.35. The van der Waals surface area contributed by atoms with Gasteiger partial charge in [0.15, 0.2) is 0 Å². The standard InChI is InChI=1S/C15H13FN2O3/c1-8-12(15(19)20-2)13(11(7-17)14(18)21-8)9-3-5-10(16)6-4-9/h3-6,13H,18H2,1-2H3/t13-/m1/s1. The summed E-state index contributed by atoms with van der Waals surface area (Å²) in [6, 6.07) is 7.43. The number of nitrogens with zero attached hydrogens (tertiary/aromatic N) is 1. The highest BCUT2D eigenvalue weighted by Crippen LogP contribution is 2.39. The Morgan fingerprint density at radius 1 is 1.43 bits per heavy atom. The third kappa shape index (κ3) is 2.58. The van der Waals surface area contributed by atoms with Crippen molar-refractivity contribution in [3.05, 3.63) is 58.4 Å². The molecule has 2 rings (SSSR count). The predicted molar refractivity (Wildman–Crippen MR) is 71.8 cm³/mol. The van der Waals surface area contributed by atoms with Crippen molar-refractivity contribution in [2.24, 2.45) is 5.73 Å². The summed E-state index contributed by atoms with van der Waals surface area (Å²) < 4.78 is 23.1. The van der Waals surface area contributed by atoms with E-state index in [9.17, 15) is 14.4 Å². The molecule has 6 heteroatoms. The molecule has 2 N–H and O–H groups in total. The van der Waals surface area contributed by atoms with Crippen LogP contribution in [-0.2, 0) is 14.3 Å². The highest BCUT2D eigenvalue weighted by atomic mass is 19.1. The zero-order chi connectivity index (χ0) is 15.6. The minimum Gasteiger partial charge on any atom is -0.466 e. The minimum atomic E-state index is -0.739. The van der Waals surface area contributed by atoms with E-state index >= 15 is 0 Å². The van der Waals surface area contributed by atoms with Gasteiger partial charge in [-0.1, -0.05) is 12.1 Å². The number of rotatable bonds is 2. The molecule has 1 aliphatic rings. The largest absolute Gasteiger partial charge is 0.466 e. The lowest BCUT2D eigenvalue weighted by Gasteiger charge is -2.26. The summed E-state index contributed by atoms with van der Waals surface area (Å²) in [5.41, 5.74) is 6.54. The molecule has 0 spiro atoms. The smallest absolute Gasteiger partial charge is 0.338 e. The Morgan fingerprint density at radius 3 is 2.57 bits per heavy atom. The highest BCUT2D eigenvalue weighted by molar-refractivity contribution is 5.92. The van der Waals surface area contributed by atoms with E-state index < -0.39 is 17.7 Å². The Morgan fingerprint density at radius 2 is 2.05 bits per heavy atom. The van der Waals surface area contributed by atoms with Crippen molar-refractivity contribution in [3.8, 4) is 6.07 Å². The number of allylic oxidation sites excluding steroid dienone is 2. The summed E-state index contributed by atoms with van der Waals surface area (Å²) in [5.74, 6) is -1.59. The van der Waals surface area contributed by atoms with Crippen LogP contribution >= 0.6 is 0 Å². The molecule has 1 heterocycles. The van der Waals surface area contributed by atoms with Crippen molar-refractivity contribution in [1.29, 1.82) is 5.26 Å². The number of esters is 1. The number of ether oxygens (including phenoxy) is 2. The molecule has 0 saturated heterocycles. The van der Waals surface area contributed by atoms with Crippen molar-refractivity contribution >= 4 is 5.97 Å².